The summed E-state index contributed by atoms with van der Waals surface area (Å²) in [6.45, 7) is 3.80. The minimum atomic E-state index is -0.465. The number of rotatable bonds is 2. The summed E-state index contributed by atoms with van der Waals surface area (Å²) in [5, 5.41) is 7.14. The van der Waals surface area contributed by atoms with E-state index in [2.05, 4.69) is 22.5 Å². The number of halogens is 2. The van der Waals surface area contributed by atoms with Crippen molar-refractivity contribution >= 4 is 35.1 Å². The average Bonchev–Trinajstić information content (AvgIpc) is 3.41. The van der Waals surface area contributed by atoms with Gasteiger partial charge in [0.1, 0.15) is 5.54 Å². The van der Waals surface area contributed by atoms with Crippen LogP contribution in [-0.4, -0.2) is 66.5 Å². The van der Waals surface area contributed by atoms with Gasteiger partial charge in [0.15, 0.2) is 0 Å². The molecule has 1 aromatic carbocycles. The van der Waals surface area contributed by atoms with E-state index in [4.69, 9.17) is 23.2 Å². The van der Waals surface area contributed by atoms with Crippen molar-refractivity contribution < 1.29 is 9.59 Å². The van der Waals surface area contributed by atoms with E-state index in [9.17, 15) is 9.59 Å². The van der Waals surface area contributed by atoms with E-state index in [1.54, 1.807) is 17.0 Å². The fourth-order valence-electron chi connectivity index (χ4n) is 3.31. The lowest BCUT2D eigenvalue weighted by Gasteiger charge is -2.38. The molecule has 0 spiro atoms. The predicted molar refractivity (Wildman–Crippen MR) is 108 cm³/mol. The van der Waals surface area contributed by atoms with E-state index in [0.29, 0.717) is 36.2 Å². The number of benzene rings is 1. The van der Waals surface area contributed by atoms with Crippen LogP contribution in [0.2, 0.25) is 10.0 Å². The number of nitrogens with zero attached hydrogens (tertiary/aromatic N) is 2. The molecule has 6 nitrogen and oxygen atoms in total. The second-order valence-electron chi connectivity index (χ2n) is 7.56. The van der Waals surface area contributed by atoms with E-state index in [1.165, 1.54) is 0 Å². The highest BCUT2D eigenvalue weighted by Crippen LogP contribution is 2.35. The fraction of sp³-hybridized carbons (Fsp3) is 0.500. The van der Waals surface area contributed by atoms with Gasteiger partial charge in [-0.1, -0.05) is 35.0 Å². The number of nitrogens with one attached hydrogen (secondary N) is 2. The van der Waals surface area contributed by atoms with E-state index in [1.807, 2.05) is 11.0 Å². The molecular weight excluding hydrogens is 399 g/mol. The molecule has 0 unspecified atom stereocenters. The highest BCUT2D eigenvalue weighted by molar-refractivity contribution is 6.42. The van der Waals surface area contributed by atoms with Crippen molar-refractivity contribution in [3.8, 4) is 11.8 Å². The lowest BCUT2D eigenvalue weighted by Crippen LogP contribution is -2.58. The van der Waals surface area contributed by atoms with Crippen molar-refractivity contribution in [1.82, 2.24) is 20.4 Å². The van der Waals surface area contributed by atoms with Crippen LogP contribution >= 0.6 is 23.2 Å². The van der Waals surface area contributed by atoms with Gasteiger partial charge < -0.3 is 20.4 Å². The molecule has 3 aliphatic rings. The van der Waals surface area contributed by atoms with Crippen LogP contribution in [0.1, 0.15) is 18.4 Å². The minimum Gasteiger partial charge on any atom is -0.339 e. The van der Waals surface area contributed by atoms with Gasteiger partial charge in [-0.05, 0) is 31.0 Å². The molecule has 2 aliphatic heterocycles. The maximum atomic E-state index is 12.6. The largest absolute Gasteiger partial charge is 0.339 e. The van der Waals surface area contributed by atoms with Gasteiger partial charge in [-0.15, -0.1) is 0 Å². The van der Waals surface area contributed by atoms with Crippen molar-refractivity contribution in [1.29, 1.82) is 0 Å². The highest BCUT2D eigenvalue weighted by atomic mass is 35.5. The zero-order valence-corrected chi connectivity index (χ0v) is 16.9. The van der Waals surface area contributed by atoms with Crippen molar-refractivity contribution in [3.05, 3.63) is 33.8 Å². The van der Waals surface area contributed by atoms with Gasteiger partial charge in [-0.3, -0.25) is 4.79 Å². The maximum Gasteiger partial charge on any atom is 0.318 e. The smallest absolute Gasteiger partial charge is 0.318 e. The van der Waals surface area contributed by atoms with E-state index in [0.717, 1.165) is 31.5 Å². The SMILES string of the molecule is O=C(NC1(C#Cc2ccc(Cl)c(Cl)c2)CC1)N1CCN(C(=O)C2CNC2)CC1. The standard InChI is InChI=1S/C20H22Cl2N4O2/c21-16-2-1-14(11-17(16)22)3-4-20(5-6-20)24-19(28)26-9-7-25(8-10-26)18(27)15-12-23-13-15/h1-2,11,15,23H,5-10,12-13H2,(H,24,28). The predicted octanol–water partition coefficient (Wildman–Crippen LogP) is 1.95. The Labute approximate surface area is 174 Å². The lowest BCUT2D eigenvalue weighted by atomic mass is 10.0. The third-order valence-corrected chi connectivity index (χ3v) is 6.21. The monoisotopic (exact) mass is 420 g/mol. The van der Waals surface area contributed by atoms with Crippen molar-refractivity contribution in [3.63, 3.8) is 0 Å². The quantitative estimate of drug-likeness (QED) is 0.718. The molecule has 2 heterocycles. The molecule has 8 heteroatoms. The van der Waals surface area contributed by atoms with E-state index >= 15 is 0 Å². The molecule has 148 valence electrons. The Bertz CT molecular complexity index is 847. The van der Waals surface area contributed by atoms with Gasteiger partial charge in [0.05, 0.1) is 16.0 Å². The van der Waals surface area contributed by atoms with Crippen molar-refractivity contribution in [2.75, 3.05) is 39.3 Å². The second-order valence-corrected chi connectivity index (χ2v) is 8.37. The Balaban J connectivity index is 1.31. The summed E-state index contributed by atoms with van der Waals surface area (Å²) >= 11 is 12.0. The summed E-state index contributed by atoms with van der Waals surface area (Å²) in [6.07, 6.45) is 1.67. The number of piperazine rings is 1. The summed E-state index contributed by atoms with van der Waals surface area (Å²) in [5.41, 5.74) is 0.306. The highest BCUT2D eigenvalue weighted by Gasteiger charge is 2.44. The molecule has 3 fully saturated rings. The summed E-state index contributed by atoms with van der Waals surface area (Å²) < 4.78 is 0. The molecule has 2 saturated heterocycles. The Morgan fingerprint density at radius 1 is 1.07 bits per heavy atom. The van der Waals surface area contributed by atoms with Crippen LogP contribution in [0.3, 0.4) is 0 Å². The van der Waals surface area contributed by atoms with Gasteiger partial charge in [-0.25, -0.2) is 4.79 Å². The summed E-state index contributed by atoms with van der Waals surface area (Å²) in [5.74, 6) is 6.57. The Hall–Kier alpha value is -1.94. The third kappa shape index (κ3) is 4.22. The van der Waals surface area contributed by atoms with Crippen LogP contribution in [-0.2, 0) is 4.79 Å². The summed E-state index contributed by atoms with van der Waals surface area (Å²) in [7, 11) is 0. The van der Waals surface area contributed by atoms with Crippen LogP contribution in [0.25, 0.3) is 0 Å². The van der Waals surface area contributed by atoms with E-state index < -0.39 is 5.54 Å². The van der Waals surface area contributed by atoms with E-state index in [-0.39, 0.29) is 17.9 Å². The molecule has 3 amide bonds. The molecule has 28 heavy (non-hydrogen) atoms. The van der Waals surface area contributed by atoms with Gasteiger partial charge in [0.2, 0.25) is 5.91 Å². The molecule has 1 aromatic rings. The number of hydrogen-bond acceptors (Lipinski definition) is 3. The molecule has 4 rings (SSSR count). The van der Waals surface area contributed by atoms with Crippen LogP contribution in [0.15, 0.2) is 18.2 Å². The summed E-state index contributed by atoms with van der Waals surface area (Å²) in [6, 6.07) is 5.14. The zero-order chi connectivity index (χ0) is 19.7. The van der Waals surface area contributed by atoms with Crippen LogP contribution in [0.5, 0.6) is 0 Å². The van der Waals surface area contributed by atoms with Crippen LogP contribution in [0.4, 0.5) is 4.79 Å². The maximum absolute atomic E-state index is 12.6. The van der Waals surface area contributed by atoms with Crippen LogP contribution in [0, 0.1) is 17.8 Å². The molecule has 1 aliphatic carbocycles. The first-order valence-corrected chi connectivity index (χ1v) is 10.3. The number of carbonyl (C=O) groups is 2. The average molecular weight is 421 g/mol. The summed E-state index contributed by atoms with van der Waals surface area (Å²) in [4.78, 5) is 28.6. The molecule has 0 bridgehead atoms. The molecule has 1 saturated carbocycles. The Kier molecular flexibility index (Phi) is 5.42. The Morgan fingerprint density at radius 3 is 2.32 bits per heavy atom. The number of hydrogen-bond donors (Lipinski definition) is 2. The number of carbonyl (C=O) groups excluding carboxylic acids is 2. The third-order valence-electron chi connectivity index (χ3n) is 5.47. The normalized spacial score (nSPS) is 20.6. The topological polar surface area (TPSA) is 64.7 Å². The van der Waals surface area contributed by atoms with Gasteiger partial charge >= 0.3 is 6.03 Å². The molecule has 0 aromatic heterocycles. The number of amides is 3. The van der Waals surface area contributed by atoms with Crippen LogP contribution < -0.4 is 10.6 Å². The second kappa shape index (κ2) is 7.82. The van der Waals surface area contributed by atoms with Crippen molar-refractivity contribution in [2.45, 2.75) is 18.4 Å². The fourth-order valence-corrected chi connectivity index (χ4v) is 3.61. The van der Waals surface area contributed by atoms with Gasteiger partial charge in [0, 0.05) is 44.8 Å². The van der Waals surface area contributed by atoms with Gasteiger partial charge in [0.25, 0.3) is 0 Å². The Morgan fingerprint density at radius 2 is 1.75 bits per heavy atom. The first kappa shape index (κ1) is 19.4. The lowest BCUT2D eigenvalue weighted by molar-refractivity contribution is -0.138. The minimum absolute atomic E-state index is 0.103. The molecule has 0 radical (unpaired) electrons. The molecule has 2 N–H and O–H groups in total. The molecule has 0 atom stereocenters. The van der Waals surface area contributed by atoms with Gasteiger partial charge in [-0.2, -0.15) is 0 Å². The van der Waals surface area contributed by atoms with Crippen molar-refractivity contribution in [2.24, 2.45) is 5.92 Å². The molecular formula is C20H22Cl2N4O2. The first-order chi connectivity index (χ1) is 13.5. The zero-order valence-electron chi connectivity index (χ0n) is 15.4. The first-order valence-electron chi connectivity index (χ1n) is 9.51. The number of urea groups is 1.